The van der Waals surface area contributed by atoms with E-state index in [0.717, 1.165) is 24.3 Å². The molecule has 0 aliphatic rings. The standard InChI is InChI=1S/C15H25NO2/c1-5-12(2)14(17)11-16(3)10-13-8-6-7-9-15(13)18-4/h6-9,12,14,17H,5,10-11H2,1-4H3. The summed E-state index contributed by atoms with van der Waals surface area (Å²) in [4.78, 5) is 2.13. The van der Waals surface area contributed by atoms with E-state index in [1.54, 1.807) is 7.11 Å². The lowest BCUT2D eigenvalue weighted by molar-refractivity contribution is 0.0752. The molecule has 1 aromatic rings. The van der Waals surface area contributed by atoms with Crippen LogP contribution >= 0.6 is 0 Å². The fraction of sp³-hybridized carbons (Fsp3) is 0.600. The molecule has 0 radical (unpaired) electrons. The summed E-state index contributed by atoms with van der Waals surface area (Å²) in [6.45, 7) is 5.67. The molecule has 3 heteroatoms. The van der Waals surface area contributed by atoms with Crippen molar-refractivity contribution in [2.45, 2.75) is 32.9 Å². The summed E-state index contributed by atoms with van der Waals surface area (Å²) in [5.74, 6) is 1.24. The van der Waals surface area contributed by atoms with Gasteiger partial charge in [0.05, 0.1) is 13.2 Å². The second-order valence-corrected chi connectivity index (χ2v) is 4.96. The van der Waals surface area contributed by atoms with Crippen molar-refractivity contribution in [3.05, 3.63) is 29.8 Å². The summed E-state index contributed by atoms with van der Waals surface area (Å²) in [5, 5.41) is 10.0. The third-order valence-corrected chi connectivity index (χ3v) is 3.43. The van der Waals surface area contributed by atoms with Crippen LogP contribution in [0.15, 0.2) is 24.3 Å². The van der Waals surface area contributed by atoms with E-state index in [1.165, 1.54) is 0 Å². The summed E-state index contributed by atoms with van der Waals surface area (Å²) in [7, 11) is 3.71. The number of likely N-dealkylation sites (N-methyl/N-ethyl adjacent to an activating group) is 1. The van der Waals surface area contributed by atoms with Gasteiger partial charge >= 0.3 is 0 Å². The minimum atomic E-state index is -0.269. The van der Waals surface area contributed by atoms with Crippen molar-refractivity contribution in [3.8, 4) is 5.75 Å². The molecule has 0 spiro atoms. The third kappa shape index (κ3) is 4.31. The molecule has 1 N–H and O–H groups in total. The number of methoxy groups -OCH3 is 1. The Balaban J connectivity index is 2.56. The van der Waals surface area contributed by atoms with Crippen LogP contribution in [0.5, 0.6) is 5.75 Å². The maximum Gasteiger partial charge on any atom is 0.123 e. The topological polar surface area (TPSA) is 32.7 Å². The lowest BCUT2D eigenvalue weighted by Gasteiger charge is -2.24. The summed E-state index contributed by atoms with van der Waals surface area (Å²) in [6.07, 6.45) is 0.735. The summed E-state index contributed by atoms with van der Waals surface area (Å²) >= 11 is 0. The first-order chi connectivity index (χ1) is 8.58. The third-order valence-electron chi connectivity index (χ3n) is 3.43. The number of aliphatic hydroxyl groups excluding tert-OH is 1. The molecule has 1 aromatic carbocycles. The predicted molar refractivity (Wildman–Crippen MR) is 74.8 cm³/mol. The Labute approximate surface area is 110 Å². The molecule has 0 saturated heterocycles. The van der Waals surface area contributed by atoms with Crippen molar-refractivity contribution >= 4 is 0 Å². The van der Waals surface area contributed by atoms with Gasteiger partial charge in [0.15, 0.2) is 0 Å². The molecular weight excluding hydrogens is 226 g/mol. The van der Waals surface area contributed by atoms with Gasteiger partial charge < -0.3 is 9.84 Å². The Kier molecular flexibility index (Phi) is 6.16. The monoisotopic (exact) mass is 251 g/mol. The fourth-order valence-electron chi connectivity index (χ4n) is 1.96. The molecule has 0 aliphatic carbocycles. The van der Waals surface area contributed by atoms with E-state index in [4.69, 9.17) is 4.74 Å². The zero-order valence-corrected chi connectivity index (χ0v) is 11.9. The minimum Gasteiger partial charge on any atom is -0.496 e. The molecule has 2 atom stereocenters. The lowest BCUT2D eigenvalue weighted by atomic mass is 10.0. The first kappa shape index (κ1) is 15.0. The largest absolute Gasteiger partial charge is 0.496 e. The average Bonchev–Trinajstić information content (AvgIpc) is 2.38. The highest BCUT2D eigenvalue weighted by Gasteiger charge is 2.15. The van der Waals surface area contributed by atoms with Crippen LogP contribution < -0.4 is 4.74 Å². The van der Waals surface area contributed by atoms with Crippen molar-refractivity contribution in [2.75, 3.05) is 20.7 Å². The Morgan fingerprint density at radius 3 is 2.61 bits per heavy atom. The van der Waals surface area contributed by atoms with E-state index in [2.05, 4.69) is 24.8 Å². The SMILES string of the molecule is CCC(C)C(O)CN(C)Cc1ccccc1OC. The van der Waals surface area contributed by atoms with Crippen LogP contribution in [0.3, 0.4) is 0 Å². The Bertz CT molecular complexity index is 354. The quantitative estimate of drug-likeness (QED) is 0.808. The Morgan fingerprint density at radius 2 is 2.00 bits per heavy atom. The number of aliphatic hydroxyl groups is 1. The van der Waals surface area contributed by atoms with Crippen LogP contribution in [0.4, 0.5) is 0 Å². The number of hydrogen-bond donors (Lipinski definition) is 1. The molecule has 0 saturated carbocycles. The van der Waals surface area contributed by atoms with Gasteiger partial charge in [-0.15, -0.1) is 0 Å². The molecule has 102 valence electrons. The van der Waals surface area contributed by atoms with Gasteiger partial charge in [0.2, 0.25) is 0 Å². The second kappa shape index (κ2) is 7.39. The predicted octanol–water partition coefficient (Wildman–Crippen LogP) is 2.53. The highest BCUT2D eigenvalue weighted by Crippen LogP contribution is 2.19. The van der Waals surface area contributed by atoms with Crippen molar-refractivity contribution < 1.29 is 9.84 Å². The zero-order chi connectivity index (χ0) is 13.5. The molecule has 1 rings (SSSR count). The number of para-hydroxylation sites is 1. The number of nitrogens with zero attached hydrogens (tertiary/aromatic N) is 1. The molecule has 0 fully saturated rings. The average molecular weight is 251 g/mol. The Hall–Kier alpha value is -1.06. The van der Waals surface area contributed by atoms with E-state index >= 15 is 0 Å². The van der Waals surface area contributed by atoms with Gasteiger partial charge in [0, 0.05) is 18.7 Å². The van der Waals surface area contributed by atoms with E-state index in [-0.39, 0.29) is 6.10 Å². The highest BCUT2D eigenvalue weighted by atomic mass is 16.5. The lowest BCUT2D eigenvalue weighted by Crippen LogP contribution is -2.32. The maximum atomic E-state index is 10.0. The fourth-order valence-corrected chi connectivity index (χ4v) is 1.96. The smallest absolute Gasteiger partial charge is 0.123 e. The number of rotatable bonds is 7. The number of hydrogen-bond acceptors (Lipinski definition) is 3. The van der Waals surface area contributed by atoms with Crippen molar-refractivity contribution in [1.82, 2.24) is 4.90 Å². The summed E-state index contributed by atoms with van der Waals surface area (Å²) < 4.78 is 5.33. The van der Waals surface area contributed by atoms with Crippen LogP contribution in [-0.2, 0) is 6.54 Å². The van der Waals surface area contributed by atoms with Crippen molar-refractivity contribution in [3.63, 3.8) is 0 Å². The molecule has 3 nitrogen and oxygen atoms in total. The van der Waals surface area contributed by atoms with Gasteiger partial charge in [-0.1, -0.05) is 38.5 Å². The second-order valence-electron chi connectivity index (χ2n) is 4.96. The van der Waals surface area contributed by atoms with Crippen LogP contribution in [0.25, 0.3) is 0 Å². The van der Waals surface area contributed by atoms with E-state index in [9.17, 15) is 5.11 Å². The van der Waals surface area contributed by atoms with Gasteiger partial charge in [0.1, 0.15) is 5.75 Å². The molecular formula is C15H25NO2. The van der Waals surface area contributed by atoms with E-state index in [0.29, 0.717) is 12.5 Å². The van der Waals surface area contributed by atoms with E-state index < -0.39 is 0 Å². The van der Waals surface area contributed by atoms with Crippen LogP contribution in [0, 0.1) is 5.92 Å². The van der Waals surface area contributed by atoms with Gasteiger partial charge in [-0.05, 0) is 19.0 Å². The molecule has 0 bridgehead atoms. The van der Waals surface area contributed by atoms with Gasteiger partial charge in [-0.2, -0.15) is 0 Å². The molecule has 0 aliphatic heterocycles. The summed E-state index contributed by atoms with van der Waals surface area (Å²) in [5.41, 5.74) is 1.15. The van der Waals surface area contributed by atoms with Crippen molar-refractivity contribution in [2.24, 2.45) is 5.92 Å². The molecule has 0 amide bonds. The number of ether oxygens (including phenoxy) is 1. The van der Waals surface area contributed by atoms with Crippen molar-refractivity contribution in [1.29, 1.82) is 0 Å². The van der Waals surface area contributed by atoms with Crippen LogP contribution in [0.1, 0.15) is 25.8 Å². The molecule has 18 heavy (non-hydrogen) atoms. The first-order valence-electron chi connectivity index (χ1n) is 6.57. The maximum absolute atomic E-state index is 10.0. The summed E-state index contributed by atoms with van der Waals surface area (Å²) in [6, 6.07) is 8.01. The molecule has 2 unspecified atom stereocenters. The molecule has 0 heterocycles. The van der Waals surface area contributed by atoms with Gasteiger partial charge in [-0.25, -0.2) is 0 Å². The minimum absolute atomic E-state index is 0.269. The Morgan fingerprint density at radius 1 is 1.33 bits per heavy atom. The van der Waals surface area contributed by atoms with Gasteiger partial charge in [0.25, 0.3) is 0 Å². The zero-order valence-electron chi connectivity index (χ0n) is 11.9. The highest BCUT2D eigenvalue weighted by molar-refractivity contribution is 5.32. The number of benzene rings is 1. The first-order valence-corrected chi connectivity index (χ1v) is 6.57. The molecule has 0 aromatic heterocycles. The van der Waals surface area contributed by atoms with Crippen LogP contribution in [0.2, 0.25) is 0 Å². The van der Waals surface area contributed by atoms with Crippen LogP contribution in [-0.4, -0.2) is 36.8 Å². The normalized spacial score (nSPS) is 14.6. The van der Waals surface area contributed by atoms with E-state index in [1.807, 2.05) is 25.2 Å². The van der Waals surface area contributed by atoms with Gasteiger partial charge in [-0.3, -0.25) is 4.90 Å².